The van der Waals surface area contributed by atoms with Crippen molar-refractivity contribution < 1.29 is 28.2 Å². The fraction of sp³-hybridized carbons (Fsp3) is 0.429. The molecule has 3 N–H and O–H groups in total. The van der Waals surface area contributed by atoms with Crippen LogP contribution in [0.2, 0.25) is 5.02 Å². The van der Waals surface area contributed by atoms with Crippen molar-refractivity contribution >= 4 is 34.8 Å². The number of fused-ring (bicyclic) bond motifs is 4. The van der Waals surface area contributed by atoms with E-state index < -0.39 is 36.2 Å². The molecule has 0 spiro atoms. The summed E-state index contributed by atoms with van der Waals surface area (Å²) in [6, 6.07) is 3.99. The van der Waals surface area contributed by atoms with Crippen LogP contribution in [-0.2, 0) is 12.6 Å². The van der Waals surface area contributed by atoms with Crippen molar-refractivity contribution in [2.24, 2.45) is 0 Å². The molecule has 11 heteroatoms. The standard InChI is InChI=1S/C21H22ClF3N4O3/c22-13-8-18-19(26-9-13)29(14-2-1-5-28(18)10-14)20(32)27-17-7-12(6-15(31)11-30)3-4-16(17)21(23,24)25/h3-4,7-9,14-15,30-31H,1-2,5-6,10-11H2,(H,27,32)/t14-,15+/m0/s1. The highest BCUT2D eigenvalue weighted by Crippen LogP contribution is 2.40. The van der Waals surface area contributed by atoms with Gasteiger partial charge in [0.05, 0.1) is 40.7 Å². The number of benzene rings is 1. The summed E-state index contributed by atoms with van der Waals surface area (Å²) >= 11 is 6.08. The Balaban J connectivity index is 1.69. The first kappa shape index (κ1) is 22.6. The Morgan fingerprint density at radius 3 is 2.84 bits per heavy atom. The van der Waals surface area contributed by atoms with Crippen LogP contribution < -0.4 is 15.1 Å². The number of pyridine rings is 1. The van der Waals surface area contributed by atoms with Gasteiger partial charge in [0.15, 0.2) is 5.82 Å². The zero-order chi connectivity index (χ0) is 23.0. The predicted molar refractivity (Wildman–Crippen MR) is 114 cm³/mol. The number of aromatic nitrogens is 1. The van der Waals surface area contributed by atoms with Gasteiger partial charge in [-0.1, -0.05) is 17.7 Å². The van der Waals surface area contributed by atoms with Crippen LogP contribution in [-0.4, -0.2) is 53.1 Å². The summed E-state index contributed by atoms with van der Waals surface area (Å²) in [6.45, 7) is 0.797. The van der Waals surface area contributed by atoms with Crippen LogP contribution >= 0.6 is 11.6 Å². The third-order valence-corrected chi connectivity index (χ3v) is 5.88. The zero-order valence-corrected chi connectivity index (χ0v) is 17.7. The SMILES string of the molecule is O=C(Nc1cc(C[C@@H](O)CO)ccc1C(F)(F)F)N1c2ncc(Cl)cc2N2CCC[C@H]1C2. The van der Waals surface area contributed by atoms with Crippen molar-refractivity contribution in [2.45, 2.75) is 37.6 Å². The number of hydrogen-bond acceptors (Lipinski definition) is 5. The van der Waals surface area contributed by atoms with E-state index in [9.17, 15) is 23.1 Å². The lowest BCUT2D eigenvalue weighted by Crippen LogP contribution is -2.56. The molecule has 2 bridgehead atoms. The molecule has 1 fully saturated rings. The van der Waals surface area contributed by atoms with Gasteiger partial charge in [0.25, 0.3) is 0 Å². The largest absolute Gasteiger partial charge is 0.418 e. The Morgan fingerprint density at radius 2 is 2.12 bits per heavy atom. The van der Waals surface area contributed by atoms with Crippen LogP contribution in [0.1, 0.15) is 24.0 Å². The van der Waals surface area contributed by atoms with E-state index in [0.717, 1.165) is 19.0 Å². The lowest BCUT2D eigenvalue weighted by Gasteiger charge is -2.45. The van der Waals surface area contributed by atoms with E-state index in [1.165, 1.54) is 23.2 Å². The van der Waals surface area contributed by atoms with E-state index in [4.69, 9.17) is 16.7 Å². The average molecular weight is 471 g/mol. The van der Waals surface area contributed by atoms with Crippen molar-refractivity contribution in [1.82, 2.24) is 4.98 Å². The Labute approximate surface area is 187 Å². The summed E-state index contributed by atoms with van der Waals surface area (Å²) in [4.78, 5) is 21.0. The van der Waals surface area contributed by atoms with Gasteiger partial charge >= 0.3 is 12.2 Å². The van der Waals surface area contributed by atoms with Crippen LogP contribution in [0.15, 0.2) is 30.5 Å². The lowest BCUT2D eigenvalue weighted by molar-refractivity contribution is -0.136. The number of nitrogens with zero attached hydrogens (tertiary/aromatic N) is 3. The quantitative estimate of drug-likeness (QED) is 0.634. The molecule has 0 aliphatic carbocycles. The second-order valence-electron chi connectivity index (χ2n) is 7.96. The minimum Gasteiger partial charge on any atom is -0.394 e. The molecule has 32 heavy (non-hydrogen) atoms. The third kappa shape index (κ3) is 4.48. The molecule has 2 aliphatic rings. The van der Waals surface area contributed by atoms with Crippen LogP contribution in [0.4, 0.5) is 35.2 Å². The minimum absolute atomic E-state index is 0.0539. The second-order valence-corrected chi connectivity index (χ2v) is 8.39. The van der Waals surface area contributed by atoms with Crippen LogP contribution in [0.5, 0.6) is 0 Å². The predicted octanol–water partition coefficient (Wildman–Crippen LogP) is 3.67. The van der Waals surface area contributed by atoms with Gasteiger partial charge in [-0.3, -0.25) is 4.90 Å². The fourth-order valence-electron chi connectivity index (χ4n) is 4.24. The van der Waals surface area contributed by atoms with Crippen LogP contribution in [0, 0.1) is 0 Å². The average Bonchev–Trinajstić information content (AvgIpc) is 2.74. The normalized spacial score (nSPS) is 18.9. The molecule has 4 rings (SSSR count). The number of aliphatic hydroxyl groups is 2. The summed E-state index contributed by atoms with van der Waals surface area (Å²) < 4.78 is 40.8. The molecule has 7 nitrogen and oxygen atoms in total. The molecule has 172 valence electrons. The minimum atomic E-state index is -4.69. The first-order valence-corrected chi connectivity index (χ1v) is 10.5. The molecule has 0 radical (unpaired) electrons. The maximum atomic E-state index is 13.6. The summed E-state index contributed by atoms with van der Waals surface area (Å²) in [5, 5.41) is 21.5. The molecular weight excluding hydrogens is 449 g/mol. The molecule has 2 atom stereocenters. The number of rotatable bonds is 4. The first-order chi connectivity index (χ1) is 15.2. The first-order valence-electron chi connectivity index (χ1n) is 10.2. The summed E-state index contributed by atoms with van der Waals surface area (Å²) in [7, 11) is 0. The van der Waals surface area contributed by atoms with Crippen LogP contribution in [0.3, 0.4) is 0 Å². The number of aliphatic hydroxyl groups excluding tert-OH is 2. The van der Waals surface area contributed by atoms with E-state index in [0.29, 0.717) is 35.1 Å². The Morgan fingerprint density at radius 1 is 1.34 bits per heavy atom. The van der Waals surface area contributed by atoms with Crippen molar-refractivity contribution in [3.63, 3.8) is 0 Å². The van der Waals surface area contributed by atoms with Gasteiger partial charge in [-0.25, -0.2) is 9.78 Å². The molecule has 2 aliphatic heterocycles. The topological polar surface area (TPSA) is 88.9 Å². The highest BCUT2D eigenvalue weighted by atomic mass is 35.5. The Kier molecular flexibility index (Phi) is 6.19. The molecular formula is C21H22ClF3N4O3. The highest BCUT2D eigenvalue weighted by molar-refractivity contribution is 6.31. The molecule has 3 heterocycles. The van der Waals surface area contributed by atoms with E-state index in [1.807, 2.05) is 0 Å². The van der Waals surface area contributed by atoms with Crippen molar-refractivity contribution in [3.8, 4) is 0 Å². The van der Waals surface area contributed by atoms with Gasteiger partial charge in [0, 0.05) is 25.7 Å². The summed E-state index contributed by atoms with van der Waals surface area (Å²) in [6.07, 6.45) is -2.94. The number of halogens is 4. The number of nitrogens with one attached hydrogen (secondary N) is 1. The Hall–Kier alpha value is -2.56. The molecule has 0 saturated carbocycles. The molecule has 1 aromatic carbocycles. The number of hydrogen-bond donors (Lipinski definition) is 3. The number of anilines is 3. The summed E-state index contributed by atoms with van der Waals surface area (Å²) in [5.74, 6) is 0.350. The second kappa shape index (κ2) is 8.76. The fourth-order valence-corrected chi connectivity index (χ4v) is 4.39. The molecule has 1 saturated heterocycles. The number of urea groups is 1. The molecule has 2 amide bonds. The van der Waals surface area contributed by atoms with E-state index in [2.05, 4.69) is 15.2 Å². The molecule has 2 aromatic rings. The van der Waals surface area contributed by atoms with Crippen LogP contribution in [0.25, 0.3) is 0 Å². The number of carbonyl (C=O) groups is 1. The number of piperidine rings is 1. The highest BCUT2D eigenvalue weighted by Gasteiger charge is 2.40. The van der Waals surface area contributed by atoms with Gasteiger partial charge < -0.3 is 20.4 Å². The van der Waals surface area contributed by atoms with Gasteiger partial charge in [0.2, 0.25) is 0 Å². The smallest absolute Gasteiger partial charge is 0.394 e. The van der Waals surface area contributed by atoms with E-state index in [1.54, 1.807) is 6.07 Å². The van der Waals surface area contributed by atoms with Crippen molar-refractivity contribution in [1.29, 1.82) is 0 Å². The van der Waals surface area contributed by atoms with E-state index >= 15 is 0 Å². The van der Waals surface area contributed by atoms with E-state index in [-0.39, 0.29) is 12.5 Å². The molecule has 0 unspecified atom stereocenters. The van der Waals surface area contributed by atoms with Crippen molar-refractivity contribution in [2.75, 3.05) is 34.8 Å². The maximum Gasteiger partial charge on any atom is 0.418 e. The van der Waals surface area contributed by atoms with Gasteiger partial charge in [0.1, 0.15) is 0 Å². The zero-order valence-electron chi connectivity index (χ0n) is 16.9. The number of amides is 2. The number of carbonyl (C=O) groups excluding carboxylic acids is 1. The van der Waals surface area contributed by atoms with Crippen molar-refractivity contribution in [3.05, 3.63) is 46.6 Å². The van der Waals surface area contributed by atoms with Gasteiger partial charge in [-0.05, 0) is 36.6 Å². The van der Waals surface area contributed by atoms with Gasteiger partial charge in [-0.15, -0.1) is 0 Å². The van der Waals surface area contributed by atoms with Gasteiger partial charge in [-0.2, -0.15) is 13.2 Å². The summed E-state index contributed by atoms with van der Waals surface area (Å²) in [5.41, 5.74) is -0.402. The molecule has 1 aromatic heterocycles. The Bertz CT molecular complexity index is 1020. The lowest BCUT2D eigenvalue weighted by atomic mass is 10.00. The maximum absolute atomic E-state index is 13.6. The number of alkyl halides is 3. The monoisotopic (exact) mass is 470 g/mol. The third-order valence-electron chi connectivity index (χ3n) is 5.68.